The monoisotopic (exact) mass is 637 g/mol. The number of nitrogens with zero attached hydrogens (tertiary/aromatic N) is 2. The van der Waals surface area contributed by atoms with Crippen LogP contribution >= 0.6 is 0 Å². The van der Waals surface area contributed by atoms with Gasteiger partial charge in [0.1, 0.15) is 12.6 Å². The molecule has 0 heterocycles. The van der Waals surface area contributed by atoms with Crippen LogP contribution in [0.1, 0.15) is 53.5 Å². The zero-order valence-corrected chi connectivity index (χ0v) is 27.7. The lowest BCUT2D eigenvalue weighted by atomic mass is 10.0. The van der Waals surface area contributed by atoms with Crippen LogP contribution in [-0.4, -0.2) is 43.8 Å². The van der Waals surface area contributed by atoms with Gasteiger partial charge >= 0.3 is 0 Å². The molecular formula is C38H43N3O4S. The summed E-state index contributed by atoms with van der Waals surface area (Å²) in [5.41, 5.74) is 4.96. The number of anilines is 1. The topological polar surface area (TPSA) is 86.8 Å². The summed E-state index contributed by atoms with van der Waals surface area (Å²) < 4.78 is 29.6. The fourth-order valence-electron chi connectivity index (χ4n) is 6.24. The Balaban J connectivity index is 1.59. The van der Waals surface area contributed by atoms with E-state index < -0.39 is 28.5 Å². The Bertz CT molecular complexity index is 1730. The Morgan fingerprint density at radius 3 is 2.02 bits per heavy atom. The minimum absolute atomic E-state index is 0.0615. The van der Waals surface area contributed by atoms with E-state index in [1.54, 1.807) is 35.2 Å². The van der Waals surface area contributed by atoms with Crippen LogP contribution in [0.25, 0.3) is 0 Å². The van der Waals surface area contributed by atoms with Gasteiger partial charge in [-0.05, 0) is 85.7 Å². The van der Waals surface area contributed by atoms with Gasteiger partial charge in [0, 0.05) is 19.0 Å². The minimum Gasteiger partial charge on any atom is -0.352 e. The van der Waals surface area contributed by atoms with Crippen molar-refractivity contribution in [2.24, 2.45) is 0 Å². The Hall–Kier alpha value is -4.43. The number of benzene rings is 4. The minimum atomic E-state index is -4.14. The number of rotatable bonds is 12. The summed E-state index contributed by atoms with van der Waals surface area (Å²) in [4.78, 5) is 30.5. The second-order valence-corrected chi connectivity index (χ2v) is 14.2. The fraction of sp³-hybridized carbons (Fsp3) is 0.316. The molecule has 1 fully saturated rings. The number of hydrogen-bond donors (Lipinski definition) is 1. The van der Waals surface area contributed by atoms with Crippen molar-refractivity contribution in [3.05, 3.63) is 131 Å². The van der Waals surface area contributed by atoms with Crippen LogP contribution in [0.5, 0.6) is 0 Å². The highest BCUT2D eigenvalue weighted by atomic mass is 32.2. The van der Waals surface area contributed by atoms with E-state index in [4.69, 9.17) is 0 Å². The zero-order chi connectivity index (χ0) is 32.7. The van der Waals surface area contributed by atoms with Crippen LogP contribution in [0.2, 0.25) is 0 Å². The number of nitrogens with one attached hydrogen (secondary N) is 1. The van der Waals surface area contributed by atoms with Gasteiger partial charge in [-0.1, -0.05) is 91.7 Å². The van der Waals surface area contributed by atoms with Crippen LogP contribution in [0.15, 0.2) is 108 Å². The predicted octanol–water partition coefficient (Wildman–Crippen LogP) is 6.51. The molecule has 1 N–H and O–H groups in total. The average molecular weight is 638 g/mol. The quantitative estimate of drug-likeness (QED) is 0.192. The summed E-state index contributed by atoms with van der Waals surface area (Å²) in [6, 6.07) is 30.3. The number of carbonyl (C=O) groups is 2. The second kappa shape index (κ2) is 14.8. The van der Waals surface area contributed by atoms with Crippen LogP contribution in [0, 0.1) is 20.8 Å². The Morgan fingerprint density at radius 2 is 1.39 bits per heavy atom. The smallest absolute Gasteiger partial charge is 0.264 e. The van der Waals surface area contributed by atoms with Crippen LogP contribution in [0.3, 0.4) is 0 Å². The third kappa shape index (κ3) is 8.04. The van der Waals surface area contributed by atoms with Crippen molar-refractivity contribution in [3.63, 3.8) is 0 Å². The molecule has 0 radical (unpaired) electrons. The van der Waals surface area contributed by atoms with Gasteiger partial charge in [0.25, 0.3) is 10.0 Å². The molecule has 1 atom stereocenters. The van der Waals surface area contributed by atoms with E-state index in [0.717, 1.165) is 53.5 Å². The number of sulfonamides is 1. The molecule has 0 saturated heterocycles. The van der Waals surface area contributed by atoms with E-state index in [1.807, 2.05) is 81.4 Å². The van der Waals surface area contributed by atoms with Crippen molar-refractivity contribution in [2.45, 2.75) is 76.4 Å². The first-order valence-electron chi connectivity index (χ1n) is 16.0. The van der Waals surface area contributed by atoms with Crippen molar-refractivity contribution >= 4 is 27.5 Å². The SMILES string of the molecule is Cc1cc(C)cc(N(CC(=O)N(Cc2ccccc2C)C(Cc2ccccc2)C(=O)NC2CCCC2)S(=O)(=O)c2ccccc2)c1. The van der Waals surface area contributed by atoms with E-state index >= 15 is 0 Å². The lowest BCUT2D eigenvalue weighted by molar-refractivity contribution is -0.140. The fourth-order valence-corrected chi connectivity index (χ4v) is 7.65. The average Bonchev–Trinajstić information content (AvgIpc) is 3.55. The van der Waals surface area contributed by atoms with E-state index in [1.165, 1.54) is 16.4 Å². The second-order valence-electron chi connectivity index (χ2n) is 12.3. The van der Waals surface area contributed by atoms with Crippen molar-refractivity contribution in [1.29, 1.82) is 0 Å². The molecule has 2 amide bonds. The number of aryl methyl sites for hydroxylation is 3. The maximum absolute atomic E-state index is 14.7. The van der Waals surface area contributed by atoms with Gasteiger partial charge in [-0.25, -0.2) is 8.42 Å². The standard InChI is InChI=1S/C38H43N3O4S/c1-28-22-29(2)24-34(23-28)41(46(44,45)35-20-8-5-9-21-35)27-37(42)40(26-32-17-11-10-14-30(32)3)36(25-31-15-6-4-7-16-31)38(43)39-33-18-12-13-19-33/h4-11,14-17,20-24,33,36H,12-13,18-19,25-27H2,1-3H3,(H,39,43). The van der Waals surface area contributed by atoms with Crippen LogP contribution in [0.4, 0.5) is 5.69 Å². The summed E-state index contributed by atoms with van der Waals surface area (Å²) >= 11 is 0. The third-order valence-electron chi connectivity index (χ3n) is 8.68. The molecule has 0 spiro atoms. The van der Waals surface area contributed by atoms with Gasteiger partial charge in [-0.15, -0.1) is 0 Å². The normalized spacial score (nSPS) is 14.1. The summed E-state index contributed by atoms with van der Waals surface area (Å²) in [5.74, 6) is -0.675. The lowest BCUT2D eigenvalue weighted by Gasteiger charge is -2.34. The first-order valence-corrected chi connectivity index (χ1v) is 17.4. The first kappa shape index (κ1) is 32.9. The van der Waals surface area contributed by atoms with Gasteiger partial charge in [0.15, 0.2) is 0 Å². The molecule has 4 aromatic rings. The van der Waals surface area contributed by atoms with Crippen molar-refractivity contribution < 1.29 is 18.0 Å². The van der Waals surface area contributed by atoms with E-state index in [9.17, 15) is 18.0 Å². The maximum atomic E-state index is 14.7. The highest BCUT2D eigenvalue weighted by Crippen LogP contribution is 2.27. The lowest BCUT2D eigenvalue weighted by Crippen LogP contribution is -2.54. The molecule has 1 aliphatic rings. The maximum Gasteiger partial charge on any atom is 0.264 e. The van der Waals surface area contributed by atoms with Gasteiger partial charge in [-0.2, -0.15) is 0 Å². The van der Waals surface area contributed by atoms with Gasteiger partial charge in [0.2, 0.25) is 11.8 Å². The molecule has 0 bridgehead atoms. The Morgan fingerprint density at radius 1 is 0.804 bits per heavy atom. The molecule has 1 unspecified atom stereocenters. The summed E-state index contributed by atoms with van der Waals surface area (Å²) in [7, 11) is -4.14. The molecule has 5 rings (SSSR count). The van der Waals surface area contributed by atoms with Crippen LogP contribution in [-0.2, 0) is 32.6 Å². The molecule has 0 aliphatic heterocycles. The van der Waals surface area contributed by atoms with Crippen molar-refractivity contribution in [1.82, 2.24) is 10.2 Å². The molecule has 240 valence electrons. The molecule has 8 heteroatoms. The zero-order valence-electron chi connectivity index (χ0n) is 26.9. The first-order chi connectivity index (χ1) is 22.1. The molecule has 7 nitrogen and oxygen atoms in total. The molecule has 0 aromatic heterocycles. The highest BCUT2D eigenvalue weighted by Gasteiger charge is 2.35. The largest absolute Gasteiger partial charge is 0.352 e. The van der Waals surface area contributed by atoms with E-state index in [-0.39, 0.29) is 23.4 Å². The number of carbonyl (C=O) groups excluding carboxylic acids is 2. The Labute approximate surface area is 273 Å². The van der Waals surface area contributed by atoms with Gasteiger partial charge in [-0.3, -0.25) is 13.9 Å². The highest BCUT2D eigenvalue weighted by molar-refractivity contribution is 7.92. The van der Waals surface area contributed by atoms with Gasteiger partial charge in [0.05, 0.1) is 10.6 Å². The number of hydrogen-bond acceptors (Lipinski definition) is 4. The van der Waals surface area contributed by atoms with Crippen molar-refractivity contribution in [2.75, 3.05) is 10.8 Å². The van der Waals surface area contributed by atoms with Crippen LogP contribution < -0.4 is 9.62 Å². The Kier molecular flexibility index (Phi) is 10.6. The molecule has 4 aromatic carbocycles. The van der Waals surface area contributed by atoms with E-state index in [2.05, 4.69) is 5.32 Å². The summed E-state index contributed by atoms with van der Waals surface area (Å²) in [6.45, 7) is 5.48. The summed E-state index contributed by atoms with van der Waals surface area (Å²) in [5, 5.41) is 3.23. The molecular weight excluding hydrogens is 595 g/mol. The third-order valence-corrected chi connectivity index (χ3v) is 10.5. The van der Waals surface area contributed by atoms with Crippen molar-refractivity contribution in [3.8, 4) is 0 Å². The van der Waals surface area contributed by atoms with E-state index in [0.29, 0.717) is 12.1 Å². The summed E-state index contributed by atoms with van der Waals surface area (Å²) in [6.07, 6.45) is 4.23. The van der Waals surface area contributed by atoms with Gasteiger partial charge < -0.3 is 10.2 Å². The molecule has 1 aliphatic carbocycles. The molecule has 46 heavy (non-hydrogen) atoms. The predicted molar refractivity (Wildman–Crippen MR) is 183 cm³/mol. The molecule has 1 saturated carbocycles. The number of amides is 2.